The molecule has 4 aromatic rings. The Morgan fingerprint density at radius 1 is 0.952 bits per heavy atom. The van der Waals surface area contributed by atoms with Gasteiger partial charge in [0.25, 0.3) is 0 Å². The fourth-order valence-electron chi connectivity index (χ4n) is 5.06. The summed E-state index contributed by atoms with van der Waals surface area (Å²) >= 11 is 0. The van der Waals surface area contributed by atoms with Gasteiger partial charge in [-0.3, -0.25) is 15.1 Å². The molecule has 2 aromatic heterocycles. The standard InChI is InChI=1S/C29H30F3N7O3/c30-29(31,32)42-26-8-4-2-6-22(26)17-36-28-37-18-25(39(40)41)27(38-28)35-14-19-9-11-23(12-10-19)33-15-20-13-21-5-1-3-7-24(21)34-16-20/h1-8,13,16,18-19,23,33H,9-12,14-15,17H2,(H2,35,36,37,38). The van der Waals surface area contributed by atoms with Gasteiger partial charge in [0.1, 0.15) is 11.9 Å². The number of nitrogens with zero attached hydrogens (tertiary/aromatic N) is 4. The van der Waals surface area contributed by atoms with Crippen molar-refractivity contribution >= 4 is 28.4 Å². The lowest BCUT2D eigenvalue weighted by Crippen LogP contribution is -2.34. The zero-order valence-corrected chi connectivity index (χ0v) is 22.6. The van der Waals surface area contributed by atoms with Crippen LogP contribution in [0.5, 0.6) is 5.75 Å². The monoisotopic (exact) mass is 581 g/mol. The minimum Gasteiger partial charge on any atom is -0.405 e. The highest BCUT2D eigenvalue weighted by atomic mass is 19.4. The largest absolute Gasteiger partial charge is 0.573 e. The van der Waals surface area contributed by atoms with E-state index in [2.05, 4.69) is 47.8 Å². The van der Waals surface area contributed by atoms with Crippen molar-refractivity contribution in [1.29, 1.82) is 0 Å². The minimum atomic E-state index is -4.83. The van der Waals surface area contributed by atoms with Gasteiger partial charge in [-0.05, 0) is 55.4 Å². The average Bonchev–Trinajstić information content (AvgIpc) is 2.98. The summed E-state index contributed by atoms with van der Waals surface area (Å²) in [4.78, 5) is 23.7. The Kier molecular flexibility index (Phi) is 8.96. The molecule has 0 saturated heterocycles. The topological polar surface area (TPSA) is 127 Å². The first kappa shape index (κ1) is 29.0. The Labute approximate surface area is 239 Å². The summed E-state index contributed by atoms with van der Waals surface area (Å²) < 4.78 is 42.3. The van der Waals surface area contributed by atoms with Gasteiger partial charge in [-0.1, -0.05) is 36.4 Å². The molecule has 2 heterocycles. The molecule has 3 N–H and O–H groups in total. The second kappa shape index (κ2) is 13.0. The van der Waals surface area contributed by atoms with Crippen LogP contribution in [0.25, 0.3) is 10.9 Å². The normalized spacial score (nSPS) is 17.1. The van der Waals surface area contributed by atoms with Crippen molar-refractivity contribution in [2.75, 3.05) is 17.2 Å². The summed E-state index contributed by atoms with van der Waals surface area (Å²) in [6, 6.07) is 16.2. The van der Waals surface area contributed by atoms with E-state index in [0.717, 1.165) is 54.9 Å². The number of rotatable bonds is 11. The van der Waals surface area contributed by atoms with Crippen LogP contribution in [-0.2, 0) is 13.1 Å². The van der Waals surface area contributed by atoms with Crippen molar-refractivity contribution in [2.24, 2.45) is 5.92 Å². The van der Waals surface area contributed by atoms with Crippen molar-refractivity contribution in [3.05, 3.63) is 88.2 Å². The fraction of sp³-hybridized carbons (Fsp3) is 0.345. The van der Waals surface area contributed by atoms with Gasteiger partial charge in [0.15, 0.2) is 0 Å². The lowest BCUT2D eigenvalue weighted by Gasteiger charge is -2.29. The Morgan fingerprint density at radius 2 is 1.71 bits per heavy atom. The number of aromatic nitrogens is 3. The molecule has 10 nitrogen and oxygen atoms in total. The molecule has 0 aliphatic heterocycles. The first-order valence-electron chi connectivity index (χ1n) is 13.6. The molecule has 0 bridgehead atoms. The summed E-state index contributed by atoms with van der Waals surface area (Å²) in [5.74, 6) is 0.0573. The van der Waals surface area contributed by atoms with Crippen molar-refractivity contribution in [3.63, 3.8) is 0 Å². The smallest absolute Gasteiger partial charge is 0.405 e. The molecule has 0 spiro atoms. The van der Waals surface area contributed by atoms with E-state index in [-0.39, 0.29) is 35.3 Å². The van der Waals surface area contributed by atoms with Crippen LogP contribution < -0.4 is 20.7 Å². The van der Waals surface area contributed by atoms with Gasteiger partial charge in [0.05, 0.1) is 10.4 Å². The summed E-state index contributed by atoms with van der Waals surface area (Å²) in [6.07, 6.45) is 2.00. The molecule has 1 saturated carbocycles. The number of nitrogens with one attached hydrogen (secondary N) is 3. The third-order valence-electron chi connectivity index (χ3n) is 7.25. The number of hydrogen-bond acceptors (Lipinski definition) is 9. The number of fused-ring (bicyclic) bond motifs is 1. The van der Waals surface area contributed by atoms with E-state index in [4.69, 9.17) is 0 Å². The van der Waals surface area contributed by atoms with Gasteiger partial charge >= 0.3 is 12.0 Å². The molecule has 220 valence electrons. The van der Waals surface area contributed by atoms with E-state index in [1.54, 1.807) is 6.07 Å². The van der Waals surface area contributed by atoms with Gasteiger partial charge < -0.3 is 20.7 Å². The van der Waals surface area contributed by atoms with E-state index in [0.29, 0.717) is 18.5 Å². The maximum atomic E-state index is 12.7. The van der Waals surface area contributed by atoms with Crippen LogP contribution in [-0.4, -0.2) is 38.8 Å². The van der Waals surface area contributed by atoms with Gasteiger partial charge in [-0.2, -0.15) is 4.98 Å². The number of benzene rings is 2. The molecule has 1 aliphatic rings. The second-order valence-corrected chi connectivity index (χ2v) is 10.2. The second-order valence-electron chi connectivity index (χ2n) is 10.2. The molecule has 5 rings (SSSR count). The number of halogens is 3. The third kappa shape index (κ3) is 7.81. The van der Waals surface area contributed by atoms with E-state index in [1.807, 2.05) is 24.4 Å². The van der Waals surface area contributed by atoms with E-state index in [1.165, 1.54) is 18.2 Å². The van der Waals surface area contributed by atoms with Crippen LogP contribution in [0.3, 0.4) is 0 Å². The number of ether oxygens (including phenoxy) is 1. The van der Waals surface area contributed by atoms with Crippen LogP contribution in [0.2, 0.25) is 0 Å². The van der Waals surface area contributed by atoms with Crippen molar-refractivity contribution in [2.45, 2.75) is 51.2 Å². The lowest BCUT2D eigenvalue weighted by atomic mass is 9.86. The predicted octanol–water partition coefficient (Wildman–Crippen LogP) is 6.20. The molecule has 0 amide bonds. The van der Waals surface area contributed by atoms with Gasteiger partial charge in [-0.25, -0.2) is 4.98 Å². The number of anilines is 2. The molecule has 2 aromatic carbocycles. The van der Waals surface area contributed by atoms with E-state index < -0.39 is 11.3 Å². The summed E-state index contributed by atoms with van der Waals surface area (Å²) in [7, 11) is 0. The van der Waals surface area contributed by atoms with E-state index in [9.17, 15) is 23.3 Å². The molecule has 1 aliphatic carbocycles. The highest BCUT2D eigenvalue weighted by Crippen LogP contribution is 2.29. The lowest BCUT2D eigenvalue weighted by molar-refractivity contribution is -0.384. The van der Waals surface area contributed by atoms with Crippen molar-refractivity contribution in [1.82, 2.24) is 20.3 Å². The third-order valence-corrected chi connectivity index (χ3v) is 7.25. The molecular weight excluding hydrogens is 551 g/mol. The Hall–Kier alpha value is -4.52. The number of para-hydroxylation sites is 2. The highest BCUT2D eigenvalue weighted by molar-refractivity contribution is 5.78. The zero-order chi connectivity index (χ0) is 29.5. The number of pyridine rings is 1. The molecule has 0 atom stereocenters. The van der Waals surface area contributed by atoms with Crippen LogP contribution in [0, 0.1) is 16.0 Å². The van der Waals surface area contributed by atoms with Crippen LogP contribution >= 0.6 is 0 Å². The Bertz CT molecular complexity index is 1530. The Morgan fingerprint density at radius 3 is 2.50 bits per heavy atom. The van der Waals surface area contributed by atoms with Crippen LogP contribution in [0.15, 0.2) is 67.0 Å². The summed E-state index contributed by atoms with van der Waals surface area (Å²) in [5, 5.41) is 22.2. The molecule has 0 radical (unpaired) electrons. The van der Waals surface area contributed by atoms with Gasteiger partial charge in [0, 0.05) is 42.8 Å². The molecule has 13 heteroatoms. The predicted molar refractivity (Wildman–Crippen MR) is 152 cm³/mol. The maximum Gasteiger partial charge on any atom is 0.573 e. The first-order valence-corrected chi connectivity index (χ1v) is 13.6. The number of hydrogen-bond donors (Lipinski definition) is 3. The molecular formula is C29H30F3N7O3. The quantitative estimate of drug-likeness (QED) is 0.140. The average molecular weight is 582 g/mol. The highest BCUT2D eigenvalue weighted by Gasteiger charge is 2.32. The molecule has 1 fully saturated rings. The molecule has 42 heavy (non-hydrogen) atoms. The van der Waals surface area contributed by atoms with Crippen molar-refractivity contribution < 1.29 is 22.8 Å². The van der Waals surface area contributed by atoms with E-state index >= 15 is 0 Å². The SMILES string of the molecule is O=[N+]([O-])c1cnc(NCc2ccccc2OC(F)(F)F)nc1NCC1CCC(NCc2cnc3ccccc3c2)CC1. The molecule has 0 unspecified atom stereocenters. The Balaban J connectivity index is 1.13. The zero-order valence-electron chi connectivity index (χ0n) is 22.6. The van der Waals surface area contributed by atoms with Crippen LogP contribution in [0.1, 0.15) is 36.8 Å². The van der Waals surface area contributed by atoms with Crippen LogP contribution in [0.4, 0.5) is 30.6 Å². The minimum absolute atomic E-state index is 0.0426. The van der Waals surface area contributed by atoms with Gasteiger partial charge in [-0.15, -0.1) is 13.2 Å². The first-order chi connectivity index (χ1) is 20.2. The summed E-state index contributed by atoms with van der Waals surface area (Å²) in [5.41, 5.74) is 2.06. The van der Waals surface area contributed by atoms with Gasteiger partial charge in [0.2, 0.25) is 11.8 Å². The number of alkyl halides is 3. The van der Waals surface area contributed by atoms with Crippen molar-refractivity contribution in [3.8, 4) is 5.75 Å². The maximum absolute atomic E-state index is 12.7. The number of nitro groups is 1. The fourth-order valence-corrected chi connectivity index (χ4v) is 5.06. The summed E-state index contributed by atoms with van der Waals surface area (Å²) in [6.45, 7) is 1.16.